The van der Waals surface area contributed by atoms with Crippen LogP contribution in [0.1, 0.15) is 46.1 Å². The summed E-state index contributed by atoms with van der Waals surface area (Å²) in [7, 11) is 0. The maximum atomic E-state index is 12.5. The van der Waals surface area contributed by atoms with Crippen LogP contribution in [-0.2, 0) is 11.2 Å². The molecule has 0 radical (unpaired) electrons. The van der Waals surface area contributed by atoms with Crippen molar-refractivity contribution in [2.24, 2.45) is 10.4 Å². The molecular formula is C19H25NO2. The maximum Gasteiger partial charge on any atom is 0.168 e. The number of hydrogen-bond donors (Lipinski definition) is 1. The third kappa shape index (κ3) is 4.06. The first-order valence-electron chi connectivity index (χ1n) is 7.85. The van der Waals surface area contributed by atoms with Crippen LogP contribution >= 0.6 is 0 Å². The fourth-order valence-electron chi connectivity index (χ4n) is 2.92. The second kappa shape index (κ2) is 6.47. The smallest absolute Gasteiger partial charge is 0.168 e. The van der Waals surface area contributed by atoms with E-state index in [9.17, 15) is 9.90 Å². The number of rotatable bonds is 3. The Hall–Kier alpha value is -1.90. The Kier molecular flexibility index (Phi) is 4.84. The summed E-state index contributed by atoms with van der Waals surface area (Å²) in [5.74, 6) is 0.148. The molecule has 0 unspecified atom stereocenters. The SMILES string of the molecule is CC(C)N=C1CC(C)(C)CC(=O)/C1=C(/O)Cc1ccccc1. The standard InChI is InChI=1S/C19H25NO2/c1-13(2)20-15-11-19(3,4)12-17(22)18(15)16(21)10-14-8-6-5-7-9-14/h5-9,13,21H,10-12H2,1-4H3/b18-16+,20-15?. The van der Waals surface area contributed by atoms with Gasteiger partial charge in [-0.15, -0.1) is 0 Å². The van der Waals surface area contributed by atoms with E-state index in [1.54, 1.807) is 0 Å². The minimum absolute atomic E-state index is 0.00378. The zero-order valence-electron chi connectivity index (χ0n) is 13.9. The summed E-state index contributed by atoms with van der Waals surface area (Å²) in [6, 6.07) is 9.81. The predicted octanol–water partition coefficient (Wildman–Crippen LogP) is 4.28. The van der Waals surface area contributed by atoms with Crippen molar-refractivity contribution >= 4 is 11.5 Å². The Morgan fingerprint density at radius 3 is 2.45 bits per heavy atom. The number of nitrogens with zero attached hydrogens (tertiary/aromatic N) is 1. The molecule has 0 aromatic heterocycles. The number of hydrogen-bond acceptors (Lipinski definition) is 3. The Bertz CT molecular complexity index is 610. The van der Waals surface area contributed by atoms with Crippen LogP contribution in [0.3, 0.4) is 0 Å². The van der Waals surface area contributed by atoms with Crippen LogP contribution in [0, 0.1) is 5.41 Å². The van der Waals surface area contributed by atoms with Gasteiger partial charge in [-0.05, 0) is 31.2 Å². The molecule has 1 aliphatic carbocycles. The lowest BCUT2D eigenvalue weighted by molar-refractivity contribution is -0.117. The van der Waals surface area contributed by atoms with Crippen molar-refractivity contribution in [3.63, 3.8) is 0 Å². The average molecular weight is 299 g/mol. The van der Waals surface area contributed by atoms with Gasteiger partial charge >= 0.3 is 0 Å². The largest absolute Gasteiger partial charge is 0.511 e. The first-order chi connectivity index (χ1) is 10.3. The summed E-state index contributed by atoms with van der Waals surface area (Å²) in [5.41, 5.74) is 2.09. The van der Waals surface area contributed by atoms with Gasteiger partial charge in [0, 0.05) is 24.6 Å². The van der Waals surface area contributed by atoms with E-state index < -0.39 is 0 Å². The van der Waals surface area contributed by atoms with Crippen LogP contribution in [-0.4, -0.2) is 22.6 Å². The van der Waals surface area contributed by atoms with Crippen LogP contribution in [0.2, 0.25) is 0 Å². The number of Topliss-reactive ketones (excluding diaryl/α,β-unsaturated/α-hetero) is 1. The van der Waals surface area contributed by atoms with Gasteiger partial charge in [-0.1, -0.05) is 44.2 Å². The number of aliphatic hydroxyl groups excluding tert-OH is 1. The summed E-state index contributed by atoms with van der Waals surface area (Å²) in [6.45, 7) is 8.13. The molecule has 3 nitrogen and oxygen atoms in total. The molecule has 1 saturated carbocycles. The van der Waals surface area contributed by atoms with E-state index in [4.69, 9.17) is 0 Å². The van der Waals surface area contributed by atoms with E-state index in [1.165, 1.54) is 0 Å². The molecule has 1 aliphatic rings. The van der Waals surface area contributed by atoms with Crippen molar-refractivity contribution < 1.29 is 9.90 Å². The summed E-state index contributed by atoms with van der Waals surface area (Å²) >= 11 is 0. The van der Waals surface area contributed by atoms with Crippen LogP contribution in [0.25, 0.3) is 0 Å². The number of carbonyl (C=O) groups excluding carboxylic acids is 1. The second-order valence-corrected chi connectivity index (χ2v) is 7.09. The summed E-state index contributed by atoms with van der Waals surface area (Å²) in [4.78, 5) is 17.1. The van der Waals surface area contributed by atoms with Gasteiger partial charge in [0.1, 0.15) is 5.76 Å². The van der Waals surface area contributed by atoms with Crippen molar-refractivity contribution in [1.82, 2.24) is 0 Å². The number of carbonyl (C=O) groups is 1. The van der Waals surface area contributed by atoms with Crippen LogP contribution < -0.4 is 0 Å². The number of aliphatic imine (C=N–C) groups is 1. The molecule has 1 aromatic rings. The second-order valence-electron chi connectivity index (χ2n) is 7.09. The molecule has 1 fully saturated rings. The van der Waals surface area contributed by atoms with Gasteiger partial charge < -0.3 is 5.11 Å². The Morgan fingerprint density at radius 2 is 1.86 bits per heavy atom. The van der Waals surface area contributed by atoms with Crippen LogP contribution in [0.5, 0.6) is 0 Å². The number of ketones is 1. The zero-order valence-corrected chi connectivity index (χ0v) is 13.9. The molecular weight excluding hydrogens is 274 g/mol. The topological polar surface area (TPSA) is 49.7 Å². The molecule has 22 heavy (non-hydrogen) atoms. The van der Waals surface area contributed by atoms with Crippen LogP contribution in [0.15, 0.2) is 46.7 Å². The van der Waals surface area contributed by atoms with Gasteiger partial charge in [-0.2, -0.15) is 0 Å². The van der Waals surface area contributed by atoms with Crippen molar-refractivity contribution in [1.29, 1.82) is 0 Å². The third-order valence-corrected chi connectivity index (χ3v) is 3.77. The van der Waals surface area contributed by atoms with E-state index in [0.29, 0.717) is 18.4 Å². The van der Waals surface area contributed by atoms with Gasteiger partial charge in [0.2, 0.25) is 0 Å². The minimum Gasteiger partial charge on any atom is -0.511 e. The van der Waals surface area contributed by atoms with Crippen molar-refractivity contribution in [2.75, 3.05) is 0 Å². The van der Waals surface area contributed by atoms with Crippen LogP contribution in [0.4, 0.5) is 0 Å². The molecule has 0 spiro atoms. The average Bonchev–Trinajstić information content (AvgIpc) is 2.36. The highest BCUT2D eigenvalue weighted by molar-refractivity contribution is 6.24. The number of allylic oxidation sites excluding steroid dienone is 2. The molecule has 1 aromatic carbocycles. The van der Waals surface area contributed by atoms with E-state index in [-0.39, 0.29) is 23.0 Å². The lowest BCUT2D eigenvalue weighted by Gasteiger charge is -2.31. The molecule has 0 bridgehead atoms. The van der Waals surface area contributed by atoms with Crippen molar-refractivity contribution in [3.8, 4) is 0 Å². The van der Waals surface area contributed by atoms with E-state index >= 15 is 0 Å². The molecule has 0 heterocycles. The number of benzene rings is 1. The van der Waals surface area contributed by atoms with Gasteiger partial charge in [-0.25, -0.2) is 0 Å². The normalized spacial score (nSPS) is 22.2. The maximum absolute atomic E-state index is 12.5. The highest BCUT2D eigenvalue weighted by Gasteiger charge is 2.36. The molecule has 0 aliphatic heterocycles. The van der Waals surface area contributed by atoms with E-state index in [0.717, 1.165) is 17.7 Å². The lowest BCUT2D eigenvalue weighted by Crippen LogP contribution is -2.33. The molecule has 2 rings (SSSR count). The molecule has 0 saturated heterocycles. The third-order valence-electron chi connectivity index (χ3n) is 3.77. The van der Waals surface area contributed by atoms with Gasteiger partial charge in [0.25, 0.3) is 0 Å². The van der Waals surface area contributed by atoms with Gasteiger partial charge in [0.05, 0.1) is 5.57 Å². The monoisotopic (exact) mass is 299 g/mol. The summed E-state index contributed by atoms with van der Waals surface area (Å²) in [5, 5.41) is 10.5. The minimum atomic E-state index is -0.0959. The lowest BCUT2D eigenvalue weighted by atomic mass is 9.73. The van der Waals surface area contributed by atoms with Gasteiger partial charge in [-0.3, -0.25) is 9.79 Å². The van der Waals surface area contributed by atoms with Crippen molar-refractivity contribution in [2.45, 2.75) is 53.0 Å². The fraction of sp³-hybridized carbons (Fsp3) is 0.474. The Balaban J connectivity index is 2.39. The number of aliphatic hydroxyl groups is 1. The van der Waals surface area contributed by atoms with Gasteiger partial charge in [0.15, 0.2) is 5.78 Å². The summed E-state index contributed by atoms with van der Waals surface area (Å²) < 4.78 is 0. The molecule has 3 heteroatoms. The van der Waals surface area contributed by atoms with Crippen molar-refractivity contribution in [3.05, 3.63) is 47.2 Å². The first kappa shape index (κ1) is 16.5. The first-order valence-corrected chi connectivity index (χ1v) is 7.85. The molecule has 1 N–H and O–H groups in total. The Labute approximate surface area is 132 Å². The predicted molar refractivity (Wildman–Crippen MR) is 90.4 cm³/mol. The molecule has 0 amide bonds. The van der Waals surface area contributed by atoms with E-state index in [2.05, 4.69) is 18.8 Å². The zero-order chi connectivity index (χ0) is 16.3. The highest BCUT2D eigenvalue weighted by Crippen LogP contribution is 2.35. The fourth-order valence-corrected chi connectivity index (χ4v) is 2.92. The molecule has 0 atom stereocenters. The highest BCUT2D eigenvalue weighted by atomic mass is 16.3. The quantitative estimate of drug-likeness (QED) is 0.669. The summed E-state index contributed by atoms with van der Waals surface area (Å²) in [6.07, 6.45) is 1.56. The Morgan fingerprint density at radius 1 is 1.23 bits per heavy atom. The van der Waals surface area contributed by atoms with E-state index in [1.807, 2.05) is 44.2 Å². The molecule has 118 valence electrons.